The average molecular weight is 384 g/mol. The fourth-order valence-electron chi connectivity index (χ4n) is 4.00. The van der Waals surface area contributed by atoms with E-state index in [-0.39, 0.29) is 0 Å². The second-order valence-corrected chi connectivity index (χ2v) is 10.0. The van der Waals surface area contributed by atoms with Gasteiger partial charge in [-0.15, -0.1) is 0 Å². The summed E-state index contributed by atoms with van der Waals surface area (Å²) in [5.74, 6) is 0. The molecule has 3 nitrogen and oxygen atoms in total. The van der Waals surface area contributed by atoms with E-state index in [4.69, 9.17) is 0 Å². The summed E-state index contributed by atoms with van der Waals surface area (Å²) in [6.45, 7) is 0. The number of rotatable bonds is 2. The molecule has 136 valence electrons. The third kappa shape index (κ3) is 2.47. The fraction of sp³-hybridized carbons (Fsp3) is 0.0833. The highest BCUT2D eigenvalue weighted by molar-refractivity contribution is 7.86. The molecule has 0 aliphatic carbocycles. The van der Waals surface area contributed by atoms with Crippen molar-refractivity contribution >= 4 is 23.1 Å². The van der Waals surface area contributed by atoms with Crippen molar-refractivity contribution in [3.63, 3.8) is 0 Å². The van der Waals surface area contributed by atoms with Gasteiger partial charge in [0.25, 0.3) is 0 Å². The SMILES string of the molecule is C[n+]1ccc(-c2ccc3c(c2)P(=O)(c2ccccc2)c2c[n+](C)ccc2-3)cc1. The molecule has 1 aliphatic rings. The lowest BCUT2D eigenvalue weighted by molar-refractivity contribution is -0.671. The lowest BCUT2D eigenvalue weighted by Crippen LogP contribution is -2.33. The summed E-state index contributed by atoms with van der Waals surface area (Å²) in [4.78, 5) is 0. The molecule has 0 amide bonds. The topological polar surface area (TPSA) is 24.8 Å². The van der Waals surface area contributed by atoms with Crippen LogP contribution in [0, 0.1) is 0 Å². The maximum Gasteiger partial charge on any atom is 0.180 e. The number of fused-ring (bicyclic) bond motifs is 3. The first-order valence-corrected chi connectivity index (χ1v) is 11.0. The minimum absolute atomic E-state index is 0.887. The lowest BCUT2D eigenvalue weighted by atomic mass is 10.0. The van der Waals surface area contributed by atoms with Crippen molar-refractivity contribution in [1.82, 2.24) is 0 Å². The first-order valence-electron chi connectivity index (χ1n) is 9.33. The zero-order valence-corrected chi connectivity index (χ0v) is 16.8. The molecule has 0 radical (unpaired) electrons. The van der Waals surface area contributed by atoms with Gasteiger partial charge in [0.1, 0.15) is 14.1 Å². The molecule has 1 unspecified atom stereocenters. The summed E-state index contributed by atoms with van der Waals surface area (Å²) < 4.78 is 18.6. The molecule has 2 aromatic carbocycles. The average Bonchev–Trinajstić information content (AvgIpc) is 2.98. The van der Waals surface area contributed by atoms with Crippen LogP contribution in [-0.2, 0) is 18.7 Å². The van der Waals surface area contributed by atoms with Crippen molar-refractivity contribution in [3.8, 4) is 22.3 Å². The Labute approximate surface area is 164 Å². The highest BCUT2D eigenvalue weighted by Gasteiger charge is 2.42. The molecule has 28 heavy (non-hydrogen) atoms. The molecule has 0 N–H and O–H groups in total. The van der Waals surface area contributed by atoms with Gasteiger partial charge in [-0.25, -0.2) is 9.13 Å². The number of aromatic nitrogens is 2. The highest BCUT2D eigenvalue weighted by Crippen LogP contribution is 2.52. The van der Waals surface area contributed by atoms with Crippen molar-refractivity contribution < 1.29 is 13.7 Å². The Morgan fingerprint density at radius 2 is 1.36 bits per heavy atom. The summed E-state index contributed by atoms with van der Waals surface area (Å²) >= 11 is 0. The van der Waals surface area contributed by atoms with Gasteiger partial charge < -0.3 is 4.57 Å². The van der Waals surface area contributed by atoms with E-state index >= 15 is 0 Å². The van der Waals surface area contributed by atoms with Gasteiger partial charge in [-0.2, -0.15) is 0 Å². The molecule has 1 atom stereocenters. The van der Waals surface area contributed by atoms with Crippen molar-refractivity contribution in [3.05, 3.63) is 91.5 Å². The van der Waals surface area contributed by atoms with Crippen LogP contribution in [0.5, 0.6) is 0 Å². The van der Waals surface area contributed by atoms with Crippen LogP contribution < -0.4 is 25.0 Å². The molecule has 0 bridgehead atoms. The van der Waals surface area contributed by atoms with Crippen LogP contribution in [0.15, 0.2) is 91.5 Å². The summed E-state index contributed by atoms with van der Waals surface area (Å²) in [5, 5.41) is 2.75. The van der Waals surface area contributed by atoms with E-state index in [1.54, 1.807) is 0 Å². The first-order chi connectivity index (χ1) is 13.6. The predicted molar refractivity (Wildman–Crippen MR) is 113 cm³/mol. The maximum atomic E-state index is 14.6. The molecule has 4 aromatic rings. The van der Waals surface area contributed by atoms with E-state index < -0.39 is 7.14 Å². The van der Waals surface area contributed by atoms with E-state index in [0.717, 1.165) is 38.2 Å². The summed E-state index contributed by atoms with van der Waals surface area (Å²) in [6.07, 6.45) is 8.11. The number of benzene rings is 2. The molecule has 3 heterocycles. The zero-order valence-electron chi connectivity index (χ0n) is 15.9. The molecule has 1 aliphatic heterocycles. The molecule has 2 aromatic heterocycles. The van der Waals surface area contributed by atoms with Gasteiger partial charge in [-0.1, -0.05) is 42.5 Å². The number of pyridine rings is 2. The van der Waals surface area contributed by atoms with Crippen LogP contribution >= 0.6 is 7.14 Å². The van der Waals surface area contributed by atoms with Crippen LogP contribution in [0.1, 0.15) is 0 Å². The standard InChI is InChI=1S/C24H21N2OP/c1-25-13-10-18(11-14-25)19-8-9-21-22-12-15-26(2)17-24(22)28(27,23(21)16-19)20-6-4-3-5-7-20/h3-17H,1-2H3/q+2. The van der Waals surface area contributed by atoms with Gasteiger partial charge in [-0.05, 0) is 22.8 Å². The van der Waals surface area contributed by atoms with Gasteiger partial charge in [0, 0.05) is 34.4 Å². The second-order valence-electron chi connectivity index (χ2n) is 7.34. The molecular weight excluding hydrogens is 363 g/mol. The van der Waals surface area contributed by atoms with Crippen LogP contribution in [0.4, 0.5) is 0 Å². The molecule has 0 spiro atoms. The van der Waals surface area contributed by atoms with Crippen molar-refractivity contribution in [2.75, 3.05) is 0 Å². The van der Waals surface area contributed by atoms with Gasteiger partial charge in [0.2, 0.25) is 0 Å². The molecule has 4 heteroatoms. The second kappa shape index (κ2) is 6.25. The number of nitrogens with zero attached hydrogens (tertiary/aromatic N) is 2. The van der Waals surface area contributed by atoms with E-state index in [1.165, 1.54) is 0 Å². The smallest absolute Gasteiger partial charge is 0.180 e. The largest absolute Gasteiger partial charge is 0.308 e. The molecule has 5 rings (SSSR count). The Balaban J connectivity index is 1.79. The number of hydrogen-bond donors (Lipinski definition) is 0. The highest BCUT2D eigenvalue weighted by atomic mass is 31.2. The fourth-order valence-corrected chi connectivity index (χ4v) is 7.14. The van der Waals surface area contributed by atoms with Crippen LogP contribution in [0.25, 0.3) is 22.3 Å². The zero-order chi connectivity index (χ0) is 19.3. The van der Waals surface area contributed by atoms with Gasteiger partial charge >= 0.3 is 0 Å². The molecular formula is C24H21N2OP+2. The Bertz CT molecular complexity index is 1250. The molecule has 0 fully saturated rings. The Morgan fingerprint density at radius 1 is 0.679 bits per heavy atom. The minimum atomic E-state index is -2.91. The third-order valence-electron chi connectivity index (χ3n) is 5.48. The lowest BCUT2D eigenvalue weighted by Gasteiger charge is -2.15. The Hall–Kier alpha value is -3.03. The van der Waals surface area contributed by atoms with E-state index in [0.29, 0.717) is 0 Å². The van der Waals surface area contributed by atoms with Crippen LogP contribution in [0.2, 0.25) is 0 Å². The van der Waals surface area contributed by atoms with Gasteiger partial charge in [0.15, 0.2) is 31.9 Å². The normalized spacial score (nSPS) is 17.2. The Morgan fingerprint density at radius 3 is 2.11 bits per heavy atom. The van der Waals surface area contributed by atoms with Gasteiger partial charge in [-0.3, -0.25) is 0 Å². The Kier molecular flexibility index (Phi) is 3.82. The third-order valence-corrected chi connectivity index (χ3v) is 8.58. The van der Waals surface area contributed by atoms with E-state index in [9.17, 15) is 4.57 Å². The monoisotopic (exact) mass is 384 g/mol. The van der Waals surface area contributed by atoms with Gasteiger partial charge in [0.05, 0.1) is 5.30 Å². The van der Waals surface area contributed by atoms with Crippen molar-refractivity contribution in [2.24, 2.45) is 14.1 Å². The van der Waals surface area contributed by atoms with Crippen molar-refractivity contribution in [2.45, 2.75) is 0 Å². The van der Waals surface area contributed by atoms with Crippen LogP contribution in [0.3, 0.4) is 0 Å². The number of aryl methyl sites for hydroxylation is 2. The summed E-state index contributed by atoms with van der Waals surface area (Å²) in [7, 11) is 1.07. The molecule has 0 saturated carbocycles. The first kappa shape index (κ1) is 17.1. The predicted octanol–water partition coefficient (Wildman–Crippen LogP) is 2.62. The molecule has 0 saturated heterocycles. The van der Waals surface area contributed by atoms with Crippen LogP contribution in [-0.4, -0.2) is 0 Å². The minimum Gasteiger partial charge on any atom is -0.308 e. The van der Waals surface area contributed by atoms with Crippen molar-refractivity contribution in [1.29, 1.82) is 0 Å². The summed E-state index contributed by atoms with van der Waals surface area (Å²) in [5.41, 5.74) is 4.37. The van der Waals surface area contributed by atoms with E-state index in [1.807, 2.05) is 78.3 Å². The number of hydrogen-bond acceptors (Lipinski definition) is 1. The maximum absolute atomic E-state index is 14.6. The quantitative estimate of drug-likeness (QED) is 0.339. The van der Waals surface area contributed by atoms with E-state index in [2.05, 4.69) is 36.4 Å². The summed E-state index contributed by atoms with van der Waals surface area (Å²) in [6, 6.07) is 22.5.